The minimum atomic E-state index is -0.0740. The first-order chi connectivity index (χ1) is 21.2. The van der Waals surface area contributed by atoms with Crippen LogP contribution < -0.4 is 24.5 Å². The lowest BCUT2D eigenvalue weighted by atomic mass is 10.1. The Balaban J connectivity index is 1.64. The number of fused-ring (bicyclic) bond motifs is 1. The van der Waals surface area contributed by atoms with E-state index in [-0.39, 0.29) is 13.2 Å². The molecule has 0 bridgehead atoms. The fraction of sp³-hybridized carbons (Fsp3) is 0.679. The van der Waals surface area contributed by atoms with E-state index in [2.05, 4.69) is 24.6 Å². The maximum atomic E-state index is 9.80. The van der Waals surface area contributed by atoms with E-state index in [1.54, 1.807) is 25.6 Å². The molecule has 0 aromatic carbocycles. The molecule has 3 aromatic rings. The standard InChI is InChI=1S/C28H44N10O4S/c1-41-19-15-37(16-20-42-2)27-31-22-23(25(33-27)35-9-11-38(12-10-35)28-29-6-21-43-28)30-26(36(13-17-39)14-18-40)32-24(22)34-7-4-3-5-8-34/h6,21,39-40H,3-5,7-20H2,1-2H3. The molecule has 0 aliphatic carbocycles. The number of aliphatic hydroxyl groups is 2. The second kappa shape index (κ2) is 15.6. The molecule has 2 fully saturated rings. The lowest BCUT2D eigenvalue weighted by Crippen LogP contribution is -2.47. The van der Waals surface area contributed by atoms with Gasteiger partial charge in [0.25, 0.3) is 0 Å². The average molecular weight is 617 g/mol. The Bertz CT molecular complexity index is 1260. The van der Waals surface area contributed by atoms with Crippen LogP contribution in [0.15, 0.2) is 11.6 Å². The summed E-state index contributed by atoms with van der Waals surface area (Å²) in [5.41, 5.74) is 1.39. The first-order valence-corrected chi connectivity index (χ1v) is 16.0. The Morgan fingerprint density at radius 2 is 1.21 bits per heavy atom. The number of hydrogen-bond acceptors (Lipinski definition) is 15. The summed E-state index contributed by atoms with van der Waals surface area (Å²) < 4.78 is 10.8. The van der Waals surface area contributed by atoms with E-state index in [4.69, 9.17) is 29.4 Å². The van der Waals surface area contributed by atoms with Crippen LogP contribution in [0.3, 0.4) is 0 Å². The molecule has 15 heteroatoms. The van der Waals surface area contributed by atoms with Gasteiger partial charge in [0, 0.05) is 91.2 Å². The van der Waals surface area contributed by atoms with Gasteiger partial charge in [-0.25, -0.2) is 15.0 Å². The Morgan fingerprint density at radius 1 is 0.698 bits per heavy atom. The number of thiazole rings is 1. The number of aromatic nitrogens is 5. The highest BCUT2D eigenvalue weighted by Gasteiger charge is 2.28. The number of rotatable bonds is 15. The number of ether oxygens (including phenoxy) is 2. The highest BCUT2D eigenvalue weighted by atomic mass is 32.1. The Labute approximate surface area is 256 Å². The molecule has 0 atom stereocenters. The first kappa shape index (κ1) is 31.3. The van der Waals surface area contributed by atoms with E-state index in [9.17, 15) is 10.2 Å². The SMILES string of the molecule is COCCN(CCOC)c1nc(N2CCN(c3nccs3)CC2)c2nc(N(CCO)CCO)nc(N3CCCCC3)c2n1. The van der Waals surface area contributed by atoms with Crippen LogP contribution in [-0.2, 0) is 9.47 Å². The summed E-state index contributed by atoms with van der Waals surface area (Å²) in [6, 6.07) is 0. The normalized spacial score (nSPS) is 15.9. The summed E-state index contributed by atoms with van der Waals surface area (Å²) in [5.74, 6) is 2.58. The van der Waals surface area contributed by atoms with E-state index in [0.29, 0.717) is 62.3 Å². The molecule has 236 valence electrons. The van der Waals surface area contributed by atoms with E-state index < -0.39 is 0 Å². The van der Waals surface area contributed by atoms with Gasteiger partial charge >= 0.3 is 0 Å². The summed E-state index contributed by atoms with van der Waals surface area (Å²) in [6.07, 6.45) is 5.19. The monoisotopic (exact) mass is 616 g/mol. The van der Waals surface area contributed by atoms with Gasteiger partial charge in [0.15, 0.2) is 16.8 Å². The topological polar surface area (TPSA) is 140 Å². The van der Waals surface area contributed by atoms with Crippen LogP contribution in [0.5, 0.6) is 0 Å². The molecule has 0 radical (unpaired) electrons. The minimum Gasteiger partial charge on any atom is -0.395 e. The zero-order valence-electron chi connectivity index (χ0n) is 25.3. The third-order valence-electron chi connectivity index (χ3n) is 7.84. The fourth-order valence-corrected chi connectivity index (χ4v) is 6.24. The van der Waals surface area contributed by atoms with Crippen LogP contribution in [0.25, 0.3) is 11.0 Å². The number of nitrogens with zero attached hydrogens (tertiary/aromatic N) is 10. The van der Waals surface area contributed by atoms with Gasteiger partial charge in [-0.2, -0.15) is 9.97 Å². The quantitative estimate of drug-likeness (QED) is 0.252. The lowest BCUT2D eigenvalue weighted by Gasteiger charge is -2.36. The van der Waals surface area contributed by atoms with Gasteiger partial charge in [-0.3, -0.25) is 0 Å². The molecule has 0 saturated carbocycles. The second-order valence-corrected chi connectivity index (χ2v) is 11.5. The van der Waals surface area contributed by atoms with Crippen LogP contribution in [-0.4, -0.2) is 141 Å². The van der Waals surface area contributed by atoms with Crippen LogP contribution in [0, 0.1) is 0 Å². The molecule has 2 saturated heterocycles. The third kappa shape index (κ3) is 7.52. The third-order valence-corrected chi connectivity index (χ3v) is 8.68. The van der Waals surface area contributed by atoms with Crippen LogP contribution in [0.2, 0.25) is 0 Å². The van der Waals surface area contributed by atoms with Gasteiger partial charge in [0.1, 0.15) is 11.0 Å². The Kier molecular flexibility index (Phi) is 11.3. The molecule has 43 heavy (non-hydrogen) atoms. The fourth-order valence-electron chi connectivity index (χ4n) is 5.54. The number of hydrogen-bond donors (Lipinski definition) is 2. The first-order valence-electron chi connectivity index (χ1n) is 15.1. The molecule has 3 aromatic heterocycles. The highest BCUT2D eigenvalue weighted by Crippen LogP contribution is 2.34. The van der Waals surface area contributed by atoms with Gasteiger partial charge in [-0.1, -0.05) is 0 Å². The molecular weight excluding hydrogens is 572 g/mol. The average Bonchev–Trinajstić information content (AvgIpc) is 3.60. The van der Waals surface area contributed by atoms with E-state index in [1.165, 1.54) is 6.42 Å². The van der Waals surface area contributed by atoms with Crippen molar-refractivity contribution in [1.82, 2.24) is 24.9 Å². The van der Waals surface area contributed by atoms with Crippen molar-refractivity contribution >= 4 is 51.0 Å². The van der Waals surface area contributed by atoms with E-state index in [0.717, 1.165) is 68.9 Å². The number of piperazine rings is 1. The predicted octanol–water partition coefficient (Wildman–Crippen LogP) is 1.08. The molecule has 14 nitrogen and oxygen atoms in total. The van der Waals surface area contributed by atoms with Crippen LogP contribution in [0.4, 0.5) is 28.7 Å². The minimum absolute atomic E-state index is 0.0740. The molecule has 0 unspecified atom stereocenters. The summed E-state index contributed by atoms with van der Waals surface area (Å²) in [7, 11) is 3.38. The molecule has 0 spiro atoms. The molecule has 2 N–H and O–H groups in total. The van der Waals surface area contributed by atoms with E-state index in [1.807, 2.05) is 16.5 Å². The number of methoxy groups -OCH3 is 2. The van der Waals surface area contributed by atoms with Crippen molar-refractivity contribution in [2.45, 2.75) is 19.3 Å². The Hall–Kier alpha value is -3.11. The van der Waals surface area contributed by atoms with Crippen molar-refractivity contribution in [1.29, 1.82) is 0 Å². The van der Waals surface area contributed by atoms with Crippen molar-refractivity contribution in [3.05, 3.63) is 11.6 Å². The summed E-state index contributed by atoms with van der Waals surface area (Å²) in [6.45, 7) is 7.63. The molecule has 5 rings (SSSR count). The van der Waals surface area contributed by atoms with Crippen molar-refractivity contribution in [2.24, 2.45) is 0 Å². The number of anilines is 5. The second-order valence-electron chi connectivity index (χ2n) is 10.6. The van der Waals surface area contributed by atoms with Crippen molar-refractivity contribution in [2.75, 3.05) is 131 Å². The smallest absolute Gasteiger partial charge is 0.228 e. The molecular formula is C28H44N10O4S. The van der Waals surface area contributed by atoms with Crippen LogP contribution in [0.1, 0.15) is 19.3 Å². The van der Waals surface area contributed by atoms with Crippen LogP contribution >= 0.6 is 11.3 Å². The van der Waals surface area contributed by atoms with Gasteiger partial charge in [-0.05, 0) is 19.3 Å². The summed E-state index contributed by atoms with van der Waals surface area (Å²) >= 11 is 1.65. The van der Waals surface area contributed by atoms with E-state index >= 15 is 0 Å². The van der Waals surface area contributed by atoms with Gasteiger partial charge in [0.05, 0.1) is 26.4 Å². The zero-order chi connectivity index (χ0) is 30.0. The van der Waals surface area contributed by atoms with Crippen molar-refractivity contribution in [3.8, 4) is 0 Å². The zero-order valence-corrected chi connectivity index (χ0v) is 26.1. The number of aliphatic hydroxyl groups excluding tert-OH is 2. The molecule has 5 heterocycles. The molecule has 0 amide bonds. The molecule has 2 aliphatic heterocycles. The number of piperidine rings is 1. The van der Waals surface area contributed by atoms with Crippen molar-refractivity contribution < 1.29 is 19.7 Å². The van der Waals surface area contributed by atoms with Gasteiger partial charge in [0.2, 0.25) is 11.9 Å². The lowest BCUT2D eigenvalue weighted by molar-refractivity contribution is 0.189. The van der Waals surface area contributed by atoms with Gasteiger partial charge in [-0.15, -0.1) is 11.3 Å². The maximum absolute atomic E-state index is 9.80. The summed E-state index contributed by atoms with van der Waals surface area (Å²) in [5, 5.41) is 22.6. The summed E-state index contributed by atoms with van der Waals surface area (Å²) in [4.78, 5) is 35.7. The highest BCUT2D eigenvalue weighted by molar-refractivity contribution is 7.13. The Morgan fingerprint density at radius 3 is 1.70 bits per heavy atom. The maximum Gasteiger partial charge on any atom is 0.228 e. The molecule has 2 aliphatic rings. The van der Waals surface area contributed by atoms with Crippen molar-refractivity contribution in [3.63, 3.8) is 0 Å². The largest absolute Gasteiger partial charge is 0.395 e. The van der Waals surface area contributed by atoms with Gasteiger partial charge < -0.3 is 44.2 Å². The predicted molar refractivity (Wildman–Crippen MR) is 170 cm³/mol.